The van der Waals surface area contributed by atoms with Gasteiger partial charge in [-0.1, -0.05) is 23.7 Å². The van der Waals surface area contributed by atoms with Gasteiger partial charge in [-0.2, -0.15) is 13.2 Å². The van der Waals surface area contributed by atoms with Crippen molar-refractivity contribution >= 4 is 40.9 Å². The molecule has 1 aromatic heterocycles. The number of hydrogen-bond acceptors (Lipinski definition) is 6. The van der Waals surface area contributed by atoms with Crippen molar-refractivity contribution in [3.63, 3.8) is 0 Å². The second kappa shape index (κ2) is 10.0. The van der Waals surface area contributed by atoms with Crippen LogP contribution in [0.15, 0.2) is 42.1 Å². The number of nitrogens with zero attached hydrogens (tertiary/aromatic N) is 1. The highest BCUT2D eigenvalue weighted by atomic mass is 35.5. The largest absolute Gasteiger partial charge is 0.491 e. The van der Waals surface area contributed by atoms with Crippen LogP contribution in [-0.2, 0) is 9.59 Å². The van der Waals surface area contributed by atoms with Gasteiger partial charge in [0, 0.05) is 29.4 Å². The molecule has 0 saturated heterocycles. The minimum Gasteiger partial charge on any atom is -0.418 e. The van der Waals surface area contributed by atoms with Gasteiger partial charge in [0.1, 0.15) is 5.82 Å². The summed E-state index contributed by atoms with van der Waals surface area (Å²) in [6, 6.07) is 5.23. The Morgan fingerprint density at radius 2 is 1.91 bits per heavy atom. The van der Waals surface area contributed by atoms with Gasteiger partial charge in [-0.05, 0) is 37.6 Å². The van der Waals surface area contributed by atoms with Crippen LogP contribution in [0.2, 0.25) is 5.02 Å². The molecule has 3 N–H and O–H groups in total. The summed E-state index contributed by atoms with van der Waals surface area (Å²) in [4.78, 5) is 41.1. The zero-order valence-electron chi connectivity index (χ0n) is 17.2. The number of halogens is 4. The molecule has 0 radical (unpaired) electrons. The molecule has 0 saturated carbocycles. The van der Waals surface area contributed by atoms with Gasteiger partial charge >= 0.3 is 12.1 Å². The SMILES string of the molecule is Cc1ccc(NC(=O)c2cc(Cl)cc(OC(=O)C(F)(F)F)c2NC(=O)C2=CCNCC2)nc1. The van der Waals surface area contributed by atoms with E-state index in [1.807, 2.05) is 0 Å². The van der Waals surface area contributed by atoms with Crippen molar-refractivity contribution in [3.8, 4) is 5.75 Å². The standard InChI is InChI=1S/C21H18ClF3N4O4/c1-11-2-3-16(27-10-11)28-19(31)14-8-13(22)9-15(33-20(32)21(23,24)25)17(14)29-18(30)12-4-6-26-7-5-12/h2-4,8-10,26H,5-7H2,1H3,(H,29,30)(H,27,28,31). The lowest BCUT2D eigenvalue weighted by atomic mass is 10.1. The first-order chi connectivity index (χ1) is 15.5. The van der Waals surface area contributed by atoms with Crippen LogP contribution in [0.1, 0.15) is 22.3 Å². The second-order valence-corrected chi connectivity index (χ2v) is 7.46. The van der Waals surface area contributed by atoms with Crippen LogP contribution in [0.25, 0.3) is 0 Å². The molecular formula is C21H18ClF3N4O4. The van der Waals surface area contributed by atoms with Crippen molar-refractivity contribution in [2.45, 2.75) is 19.5 Å². The Hall–Kier alpha value is -3.44. The van der Waals surface area contributed by atoms with Crippen LogP contribution < -0.4 is 20.7 Å². The van der Waals surface area contributed by atoms with Crippen LogP contribution in [0.5, 0.6) is 5.75 Å². The average molecular weight is 483 g/mol. The van der Waals surface area contributed by atoms with Crippen LogP contribution in [0.4, 0.5) is 24.7 Å². The number of amides is 2. The third kappa shape index (κ3) is 6.30. The zero-order valence-corrected chi connectivity index (χ0v) is 17.9. The molecule has 1 aliphatic rings. The summed E-state index contributed by atoms with van der Waals surface area (Å²) in [6.07, 6.45) is -1.86. The van der Waals surface area contributed by atoms with E-state index in [0.717, 1.165) is 17.7 Å². The van der Waals surface area contributed by atoms with E-state index in [4.69, 9.17) is 11.6 Å². The van der Waals surface area contributed by atoms with Gasteiger partial charge in [-0.3, -0.25) is 9.59 Å². The molecule has 33 heavy (non-hydrogen) atoms. The van der Waals surface area contributed by atoms with Crippen LogP contribution in [0, 0.1) is 6.92 Å². The third-order valence-electron chi connectivity index (χ3n) is 4.49. The molecule has 3 rings (SSSR count). The first kappa shape index (κ1) is 24.2. The molecule has 12 heteroatoms. The normalized spacial score (nSPS) is 13.7. The maximum absolute atomic E-state index is 12.9. The summed E-state index contributed by atoms with van der Waals surface area (Å²) in [5, 5.41) is 7.68. The predicted molar refractivity (Wildman–Crippen MR) is 114 cm³/mol. The number of pyridine rings is 1. The summed E-state index contributed by atoms with van der Waals surface area (Å²) in [6.45, 7) is 2.73. The lowest BCUT2D eigenvalue weighted by molar-refractivity contribution is -0.189. The van der Waals surface area contributed by atoms with Crippen molar-refractivity contribution in [1.29, 1.82) is 0 Å². The van der Waals surface area contributed by atoms with E-state index in [1.54, 1.807) is 19.1 Å². The molecule has 1 aromatic carbocycles. The van der Waals surface area contributed by atoms with E-state index >= 15 is 0 Å². The number of nitrogens with one attached hydrogen (secondary N) is 3. The van der Waals surface area contributed by atoms with Gasteiger partial charge in [0.15, 0.2) is 5.75 Å². The van der Waals surface area contributed by atoms with Crippen molar-refractivity contribution in [2.75, 3.05) is 23.7 Å². The summed E-state index contributed by atoms with van der Waals surface area (Å²) in [5.41, 5.74) is 0.424. The molecule has 2 heterocycles. The fraction of sp³-hybridized carbons (Fsp3) is 0.238. The van der Waals surface area contributed by atoms with Crippen molar-refractivity contribution in [1.82, 2.24) is 10.3 Å². The first-order valence-electron chi connectivity index (χ1n) is 9.62. The Balaban J connectivity index is 2.01. The summed E-state index contributed by atoms with van der Waals surface area (Å²) < 4.78 is 42.8. The molecule has 1 aliphatic heterocycles. The molecule has 0 unspecified atom stereocenters. The van der Waals surface area contributed by atoms with E-state index in [1.165, 1.54) is 12.3 Å². The highest BCUT2D eigenvalue weighted by Crippen LogP contribution is 2.35. The van der Waals surface area contributed by atoms with Gasteiger partial charge in [0.05, 0.1) is 11.3 Å². The number of alkyl halides is 3. The van der Waals surface area contributed by atoms with Crippen LogP contribution >= 0.6 is 11.6 Å². The summed E-state index contributed by atoms with van der Waals surface area (Å²) >= 11 is 5.97. The quantitative estimate of drug-likeness (QED) is 0.443. The Bertz CT molecular complexity index is 1120. The Morgan fingerprint density at radius 1 is 1.15 bits per heavy atom. The molecule has 2 amide bonds. The smallest absolute Gasteiger partial charge is 0.418 e. The van der Waals surface area contributed by atoms with Gasteiger partial charge in [0.25, 0.3) is 11.8 Å². The average Bonchev–Trinajstić information content (AvgIpc) is 2.76. The lowest BCUT2D eigenvalue weighted by Crippen LogP contribution is -2.30. The van der Waals surface area contributed by atoms with E-state index in [0.29, 0.717) is 25.1 Å². The maximum Gasteiger partial charge on any atom is 0.491 e. The fourth-order valence-corrected chi connectivity index (χ4v) is 3.08. The van der Waals surface area contributed by atoms with Crippen molar-refractivity contribution in [2.24, 2.45) is 0 Å². The Morgan fingerprint density at radius 3 is 2.52 bits per heavy atom. The van der Waals surface area contributed by atoms with E-state index in [-0.39, 0.29) is 16.4 Å². The minimum atomic E-state index is -5.31. The molecular weight excluding hydrogens is 465 g/mol. The number of aryl methyl sites for hydroxylation is 1. The molecule has 0 aliphatic carbocycles. The number of benzene rings is 1. The number of hydrogen-bond donors (Lipinski definition) is 3. The number of ether oxygens (including phenoxy) is 1. The van der Waals surface area contributed by atoms with E-state index in [2.05, 4.69) is 25.7 Å². The van der Waals surface area contributed by atoms with Crippen molar-refractivity contribution < 1.29 is 32.3 Å². The number of anilines is 2. The van der Waals surface area contributed by atoms with Crippen LogP contribution in [-0.4, -0.2) is 42.0 Å². The number of esters is 1. The number of rotatable bonds is 5. The first-order valence-corrected chi connectivity index (χ1v) is 10.00. The lowest BCUT2D eigenvalue weighted by Gasteiger charge is -2.19. The number of carbonyl (C=O) groups is 3. The fourth-order valence-electron chi connectivity index (χ4n) is 2.88. The maximum atomic E-state index is 12.9. The van der Waals surface area contributed by atoms with Gasteiger partial charge in [-0.25, -0.2) is 9.78 Å². The Kier molecular flexibility index (Phi) is 7.34. The topological polar surface area (TPSA) is 109 Å². The van der Waals surface area contributed by atoms with E-state index < -0.39 is 35.4 Å². The summed E-state index contributed by atoms with van der Waals surface area (Å²) in [7, 11) is 0. The molecule has 0 atom stereocenters. The minimum absolute atomic E-state index is 0.151. The monoisotopic (exact) mass is 482 g/mol. The highest BCUT2D eigenvalue weighted by Gasteiger charge is 2.42. The molecule has 2 aromatic rings. The predicted octanol–water partition coefficient (Wildman–Crippen LogP) is 3.62. The molecule has 0 bridgehead atoms. The molecule has 174 valence electrons. The van der Waals surface area contributed by atoms with Gasteiger partial charge in [-0.15, -0.1) is 0 Å². The van der Waals surface area contributed by atoms with Crippen LogP contribution in [0.3, 0.4) is 0 Å². The van der Waals surface area contributed by atoms with E-state index in [9.17, 15) is 27.6 Å². The second-order valence-electron chi connectivity index (χ2n) is 7.03. The zero-order chi connectivity index (χ0) is 24.2. The molecule has 8 nitrogen and oxygen atoms in total. The van der Waals surface area contributed by atoms with Gasteiger partial charge < -0.3 is 20.7 Å². The molecule has 0 fully saturated rings. The third-order valence-corrected chi connectivity index (χ3v) is 4.71. The van der Waals surface area contributed by atoms with Crippen molar-refractivity contribution in [3.05, 3.63) is 58.3 Å². The Labute approximate surface area is 191 Å². The summed E-state index contributed by atoms with van der Waals surface area (Å²) in [5.74, 6) is -4.61. The highest BCUT2D eigenvalue weighted by molar-refractivity contribution is 6.31. The molecule has 0 spiro atoms. The van der Waals surface area contributed by atoms with Gasteiger partial charge in [0.2, 0.25) is 0 Å². The number of carbonyl (C=O) groups excluding carboxylic acids is 3. The number of aromatic nitrogens is 1.